The number of rotatable bonds is 1. The first-order valence-electron chi connectivity index (χ1n) is 2.98. The number of hydrogen-bond acceptors (Lipinski definition) is 4. The summed E-state index contributed by atoms with van der Waals surface area (Å²) < 4.78 is -0.226. The van der Waals surface area contributed by atoms with Crippen LogP contribution in [0.1, 0.15) is 19.5 Å². The van der Waals surface area contributed by atoms with Crippen LogP contribution in [0, 0.1) is 0 Å². The van der Waals surface area contributed by atoms with Crippen LogP contribution < -0.4 is 0 Å². The smallest absolute Gasteiger partial charge is 0.0817 e. The van der Waals surface area contributed by atoms with Gasteiger partial charge in [-0.25, -0.2) is 0 Å². The maximum atomic E-state index is 4.31. The predicted octanol–water partition coefficient (Wildman–Crippen LogP) is 1.04. The largest absolute Gasteiger partial charge is 0.167 e. The van der Waals surface area contributed by atoms with Gasteiger partial charge in [0.2, 0.25) is 0 Å². The third-order valence-electron chi connectivity index (χ3n) is 1.13. The van der Waals surface area contributed by atoms with Crippen LogP contribution in [-0.4, -0.2) is 15.4 Å². The molecule has 0 atom stereocenters. The highest BCUT2D eigenvalue weighted by Gasteiger charge is 2.15. The number of hydrogen-bond donors (Lipinski definition) is 1. The van der Waals surface area contributed by atoms with Gasteiger partial charge < -0.3 is 0 Å². The summed E-state index contributed by atoms with van der Waals surface area (Å²) in [6, 6.07) is 1.81. The summed E-state index contributed by atoms with van der Waals surface area (Å²) in [4.78, 5) is 0. The highest BCUT2D eigenvalue weighted by Crippen LogP contribution is 2.23. The maximum Gasteiger partial charge on any atom is 0.0817 e. The van der Waals surface area contributed by atoms with Crippen molar-refractivity contribution in [1.29, 1.82) is 0 Å². The summed E-state index contributed by atoms with van der Waals surface area (Å²) in [5, 5.41) is 10.9. The van der Waals surface area contributed by atoms with Crippen LogP contribution in [0.15, 0.2) is 12.3 Å². The normalized spacial score (nSPS) is 11.5. The second kappa shape index (κ2) is 2.54. The molecule has 0 aliphatic heterocycles. The summed E-state index contributed by atoms with van der Waals surface area (Å²) >= 11 is 4.31. The van der Waals surface area contributed by atoms with Gasteiger partial charge in [-0.15, -0.1) is 10.2 Å². The molecule has 0 unspecified atom stereocenters. The van der Waals surface area contributed by atoms with E-state index in [2.05, 4.69) is 28.0 Å². The zero-order valence-electron chi connectivity index (χ0n) is 5.94. The molecule has 1 heterocycles. The lowest BCUT2D eigenvalue weighted by atomic mass is 10.1. The minimum atomic E-state index is -0.226. The lowest BCUT2D eigenvalue weighted by Crippen LogP contribution is -2.11. The van der Waals surface area contributed by atoms with E-state index in [0.29, 0.717) is 0 Å². The molecule has 0 saturated carbocycles. The molecule has 0 aromatic carbocycles. The summed E-state index contributed by atoms with van der Waals surface area (Å²) in [6.45, 7) is 3.92. The Balaban J connectivity index is 2.97. The summed E-state index contributed by atoms with van der Waals surface area (Å²) in [6.07, 6.45) is 1.61. The van der Waals surface area contributed by atoms with Gasteiger partial charge in [0, 0.05) is 0 Å². The average Bonchev–Trinajstić information content (AvgIpc) is 1.88. The van der Waals surface area contributed by atoms with Crippen molar-refractivity contribution in [2.24, 2.45) is 0 Å². The Morgan fingerprint density at radius 1 is 1.50 bits per heavy atom. The molecule has 0 bridgehead atoms. The molecule has 1 aromatic heterocycles. The van der Waals surface area contributed by atoms with Crippen molar-refractivity contribution < 1.29 is 0 Å². The van der Waals surface area contributed by atoms with Crippen molar-refractivity contribution in [1.82, 2.24) is 15.4 Å². The molecule has 4 heteroatoms. The predicted molar refractivity (Wildman–Crippen MR) is 41.8 cm³/mol. The maximum absolute atomic E-state index is 4.31. The Labute approximate surface area is 65.3 Å². The minimum absolute atomic E-state index is 0.226. The molecule has 1 rings (SSSR count). The fourth-order valence-corrected chi connectivity index (χ4v) is 0.687. The molecule has 3 nitrogen and oxygen atoms in total. The van der Waals surface area contributed by atoms with Gasteiger partial charge in [-0.05, 0) is 25.1 Å². The topological polar surface area (TPSA) is 38.7 Å². The first-order valence-corrected chi connectivity index (χ1v) is 3.42. The van der Waals surface area contributed by atoms with Gasteiger partial charge >= 0.3 is 0 Å². The average molecular weight is 155 g/mol. The second-order valence-corrected chi connectivity index (χ2v) is 3.68. The molecular weight excluding hydrogens is 146 g/mol. The highest BCUT2D eigenvalue weighted by atomic mass is 32.1. The van der Waals surface area contributed by atoms with Gasteiger partial charge in [0.05, 0.1) is 16.6 Å². The van der Waals surface area contributed by atoms with Crippen LogP contribution >= 0.6 is 12.6 Å². The molecule has 0 fully saturated rings. The number of thiol groups is 1. The third kappa shape index (κ3) is 1.67. The number of nitrogens with zero attached hydrogens (tertiary/aromatic N) is 3. The standard InChI is InChI=1S/C6H9N3S/c1-6(2,10)5-3-4-7-9-8-5/h3-4,10H,1-2H3. The quantitative estimate of drug-likeness (QED) is 0.616. The van der Waals surface area contributed by atoms with Crippen molar-refractivity contribution in [3.05, 3.63) is 18.0 Å². The first-order chi connectivity index (χ1) is 4.61. The molecule has 0 aliphatic rings. The molecule has 0 amide bonds. The molecule has 10 heavy (non-hydrogen) atoms. The van der Waals surface area contributed by atoms with E-state index >= 15 is 0 Å². The zero-order chi connectivity index (χ0) is 7.61. The van der Waals surface area contributed by atoms with Gasteiger partial charge in [0.15, 0.2) is 0 Å². The summed E-state index contributed by atoms with van der Waals surface area (Å²) in [5.74, 6) is 0. The summed E-state index contributed by atoms with van der Waals surface area (Å²) in [7, 11) is 0. The molecule has 0 spiro atoms. The molecule has 54 valence electrons. The lowest BCUT2D eigenvalue weighted by Gasteiger charge is -2.13. The second-order valence-electron chi connectivity index (χ2n) is 2.56. The van der Waals surface area contributed by atoms with Crippen molar-refractivity contribution in [3.63, 3.8) is 0 Å². The monoisotopic (exact) mass is 155 g/mol. The van der Waals surface area contributed by atoms with Crippen LogP contribution in [-0.2, 0) is 4.75 Å². The van der Waals surface area contributed by atoms with E-state index in [9.17, 15) is 0 Å². The van der Waals surface area contributed by atoms with E-state index in [0.717, 1.165) is 5.69 Å². The van der Waals surface area contributed by atoms with E-state index in [-0.39, 0.29) is 4.75 Å². The SMILES string of the molecule is CC(C)(S)c1ccnnn1. The Morgan fingerprint density at radius 3 is 2.50 bits per heavy atom. The van der Waals surface area contributed by atoms with Gasteiger partial charge in [0.25, 0.3) is 0 Å². The molecule has 0 N–H and O–H groups in total. The van der Waals surface area contributed by atoms with E-state index in [1.807, 2.05) is 13.8 Å². The highest BCUT2D eigenvalue weighted by molar-refractivity contribution is 7.81. The Bertz CT molecular complexity index is 204. The molecule has 0 saturated heterocycles. The van der Waals surface area contributed by atoms with Crippen molar-refractivity contribution in [3.8, 4) is 0 Å². The third-order valence-corrected chi connectivity index (χ3v) is 1.36. The minimum Gasteiger partial charge on any atom is -0.167 e. The molecular formula is C6H9N3S. The van der Waals surface area contributed by atoms with Crippen molar-refractivity contribution in [2.45, 2.75) is 18.6 Å². The van der Waals surface area contributed by atoms with E-state index in [4.69, 9.17) is 0 Å². The Kier molecular flexibility index (Phi) is 1.89. The van der Waals surface area contributed by atoms with Gasteiger partial charge in [-0.2, -0.15) is 12.6 Å². The first kappa shape index (κ1) is 7.47. The van der Waals surface area contributed by atoms with Crippen LogP contribution in [0.4, 0.5) is 0 Å². The van der Waals surface area contributed by atoms with E-state index < -0.39 is 0 Å². The molecule has 0 aliphatic carbocycles. The Morgan fingerprint density at radius 2 is 2.20 bits per heavy atom. The summed E-state index contributed by atoms with van der Waals surface area (Å²) in [5.41, 5.74) is 0.839. The Hall–Kier alpha value is -0.640. The van der Waals surface area contributed by atoms with Crippen LogP contribution in [0.5, 0.6) is 0 Å². The van der Waals surface area contributed by atoms with E-state index in [1.54, 1.807) is 12.3 Å². The van der Waals surface area contributed by atoms with Gasteiger partial charge in [-0.1, -0.05) is 0 Å². The number of aromatic nitrogens is 3. The van der Waals surface area contributed by atoms with Gasteiger partial charge in [-0.3, -0.25) is 0 Å². The fraction of sp³-hybridized carbons (Fsp3) is 0.500. The molecule has 1 aromatic rings. The fourth-order valence-electron chi connectivity index (χ4n) is 0.567. The van der Waals surface area contributed by atoms with Crippen LogP contribution in [0.25, 0.3) is 0 Å². The van der Waals surface area contributed by atoms with E-state index in [1.165, 1.54) is 0 Å². The van der Waals surface area contributed by atoms with Crippen LogP contribution in [0.3, 0.4) is 0 Å². The van der Waals surface area contributed by atoms with Gasteiger partial charge in [0.1, 0.15) is 0 Å². The lowest BCUT2D eigenvalue weighted by molar-refractivity contribution is 0.699. The zero-order valence-corrected chi connectivity index (χ0v) is 6.84. The van der Waals surface area contributed by atoms with Crippen molar-refractivity contribution in [2.75, 3.05) is 0 Å². The van der Waals surface area contributed by atoms with Crippen molar-refractivity contribution >= 4 is 12.6 Å². The molecule has 0 radical (unpaired) electrons. The van der Waals surface area contributed by atoms with Crippen LogP contribution in [0.2, 0.25) is 0 Å².